The van der Waals surface area contributed by atoms with E-state index in [1.54, 1.807) is 0 Å². The van der Waals surface area contributed by atoms with E-state index in [-0.39, 0.29) is 35.5 Å². The molecule has 1 aliphatic rings. The van der Waals surface area contributed by atoms with Crippen LogP contribution in [-0.2, 0) is 20.6 Å². The first kappa shape index (κ1) is 24.5. The van der Waals surface area contributed by atoms with E-state index in [0.717, 1.165) is 16.9 Å². The van der Waals surface area contributed by atoms with Gasteiger partial charge in [0.2, 0.25) is 15.9 Å². The summed E-state index contributed by atoms with van der Waals surface area (Å²) >= 11 is 5.97. The summed E-state index contributed by atoms with van der Waals surface area (Å²) in [5.74, 6) is -0.717. The SMILES string of the molecule is Cc1ccc(OCCNC(=O)C2CCN(S(=O)(=O)Cc3c(F)cccc3Cl)CC2)c(C)c1. The maximum absolute atomic E-state index is 14.0. The molecule has 0 radical (unpaired) electrons. The van der Waals surface area contributed by atoms with Gasteiger partial charge < -0.3 is 10.1 Å². The average Bonchev–Trinajstić information content (AvgIpc) is 2.75. The van der Waals surface area contributed by atoms with Crippen LogP contribution in [0.5, 0.6) is 5.75 Å². The molecular weight excluding hydrogens is 455 g/mol. The van der Waals surface area contributed by atoms with Crippen LogP contribution in [0.1, 0.15) is 29.5 Å². The molecule has 0 aliphatic carbocycles. The lowest BCUT2D eigenvalue weighted by molar-refractivity contribution is -0.126. The van der Waals surface area contributed by atoms with Crippen LogP contribution in [0.15, 0.2) is 36.4 Å². The van der Waals surface area contributed by atoms with E-state index in [0.29, 0.717) is 26.0 Å². The van der Waals surface area contributed by atoms with Crippen molar-refractivity contribution in [1.29, 1.82) is 0 Å². The highest BCUT2D eigenvalue weighted by Gasteiger charge is 2.32. The third kappa shape index (κ3) is 6.21. The Morgan fingerprint density at radius 2 is 1.94 bits per heavy atom. The molecule has 2 aromatic carbocycles. The third-order valence-electron chi connectivity index (χ3n) is 5.60. The molecule has 0 bridgehead atoms. The van der Waals surface area contributed by atoms with E-state index >= 15 is 0 Å². The van der Waals surface area contributed by atoms with E-state index in [2.05, 4.69) is 5.32 Å². The van der Waals surface area contributed by atoms with E-state index in [1.807, 2.05) is 32.0 Å². The number of piperidine rings is 1. The number of hydrogen-bond donors (Lipinski definition) is 1. The van der Waals surface area contributed by atoms with Gasteiger partial charge in [0.25, 0.3) is 0 Å². The molecule has 174 valence electrons. The number of ether oxygens (including phenoxy) is 1. The van der Waals surface area contributed by atoms with E-state index in [4.69, 9.17) is 16.3 Å². The van der Waals surface area contributed by atoms with Crippen molar-refractivity contribution in [1.82, 2.24) is 9.62 Å². The highest BCUT2D eigenvalue weighted by molar-refractivity contribution is 7.88. The van der Waals surface area contributed by atoms with Crippen LogP contribution < -0.4 is 10.1 Å². The maximum atomic E-state index is 14.0. The summed E-state index contributed by atoms with van der Waals surface area (Å²) in [7, 11) is -3.73. The lowest BCUT2D eigenvalue weighted by atomic mass is 9.97. The monoisotopic (exact) mass is 482 g/mol. The van der Waals surface area contributed by atoms with Crippen molar-refractivity contribution in [2.24, 2.45) is 5.92 Å². The Kier molecular flexibility index (Phi) is 8.14. The van der Waals surface area contributed by atoms with Crippen molar-refractivity contribution in [3.63, 3.8) is 0 Å². The van der Waals surface area contributed by atoms with Crippen LogP contribution in [0, 0.1) is 25.6 Å². The molecule has 1 fully saturated rings. The average molecular weight is 483 g/mol. The minimum atomic E-state index is -3.73. The zero-order chi connectivity index (χ0) is 23.3. The second-order valence-corrected chi connectivity index (χ2v) is 10.4. The number of nitrogens with one attached hydrogen (secondary N) is 1. The molecule has 1 N–H and O–H groups in total. The minimum Gasteiger partial charge on any atom is -0.491 e. The summed E-state index contributed by atoms with van der Waals surface area (Å²) in [6, 6.07) is 10.0. The Balaban J connectivity index is 1.45. The summed E-state index contributed by atoms with van der Waals surface area (Å²) in [4.78, 5) is 12.5. The van der Waals surface area contributed by atoms with E-state index in [1.165, 1.54) is 22.5 Å². The highest BCUT2D eigenvalue weighted by atomic mass is 35.5. The van der Waals surface area contributed by atoms with Crippen LogP contribution in [0.3, 0.4) is 0 Å². The fraction of sp³-hybridized carbons (Fsp3) is 0.435. The summed E-state index contributed by atoms with van der Waals surface area (Å²) in [6.07, 6.45) is 0.821. The molecule has 1 heterocycles. The molecule has 9 heteroatoms. The number of nitrogens with zero attached hydrogens (tertiary/aromatic N) is 1. The van der Waals surface area contributed by atoms with Crippen molar-refractivity contribution in [2.75, 3.05) is 26.2 Å². The molecule has 1 amide bonds. The number of hydrogen-bond acceptors (Lipinski definition) is 4. The van der Waals surface area contributed by atoms with E-state index < -0.39 is 21.6 Å². The molecule has 1 aliphatic heterocycles. The van der Waals surface area contributed by atoms with Gasteiger partial charge in [0.1, 0.15) is 18.2 Å². The molecule has 0 spiro atoms. The molecule has 32 heavy (non-hydrogen) atoms. The van der Waals surface area contributed by atoms with Crippen LogP contribution in [0.25, 0.3) is 0 Å². The molecule has 0 saturated carbocycles. The van der Waals surface area contributed by atoms with Gasteiger partial charge in [0.15, 0.2) is 0 Å². The topological polar surface area (TPSA) is 75.7 Å². The Morgan fingerprint density at radius 1 is 1.22 bits per heavy atom. The highest BCUT2D eigenvalue weighted by Crippen LogP contribution is 2.26. The van der Waals surface area contributed by atoms with Crippen molar-refractivity contribution >= 4 is 27.5 Å². The number of halogens is 2. The molecule has 2 aromatic rings. The fourth-order valence-electron chi connectivity index (χ4n) is 3.78. The molecule has 3 rings (SSSR count). The number of amides is 1. The Morgan fingerprint density at radius 3 is 2.59 bits per heavy atom. The number of sulfonamides is 1. The maximum Gasteiger partial charge on any atom is 0.223 e. The number of carbonyl (C=O) groups excluding carboxylic acids is 1. The third-order valence-corrected chi connectivity index (χ3v) is 7.76. The van der Waals surface area contributed by atoms with Gasteiger partial charge in [-0.2, -0.15) is 0 Å². The lowest BCUT2D eigenvalue weighted by Crippen LogP contribution is -2.44. The number of benzene rings is 2. The Hall–Kier alpha value is -2.16. The first-order chi connectivity index (χ1) is 15.2. The summed E-state index contributed by atoms with van der Waals surface area (Å²) in [5, 5.41) is 2.95. The molecule has 1 saturated heterocycles. The molecule has 0 unspecified atom stereocenters. The standard InChI is InChI=1S/C23H28ClFN2O4S/c1-16-6-7-22(17(2)14-16)31-13-10-26-23(28)18-8-11-27(12-9-18)32(29,30)15-19-20(24)4-3-5-21(19)25/h3-7,14,18H,8-13,15H2,1-2H3,(H,26,28). The minimum absolute atomic E-state index is 0.0298. The van der Waals surface area contributed by atoms with Crippen LogP contribution >= 0.6 is 11.6 Å². The normalized spacial score (nSPS) is 15.5. The number of aryl methyl sites for hydroxylation is 2. The van der Waals surface area contributed by atoms with Gasteiger partial charge in [0.05, 0.1) is 12.3 Å². The zero-order valence-corrected chi connectivity index (χ0v) is 19.8. The molecule has 0 aromatic heterocycles. The smallest absolute Gasteiger partial charge is 0.223 e. The van der Waals surface area contributed by atoms with Crippen molar-refractivity contribution in [3.8, 4) is 5.75 Å². The zero-order valence-electron chi connectivity index (χ0n) is 18.2. The van der Waals surface area contributed by atoms with Crippen LogP contribution in [0.2, 0.25) is 5.02 Å². The predicted octanol–water partition coefficient (Wildman–Crippen LogP) is 3.83. The summed E-state index contributed by atoms with van der Waals surface area (Å²) < 4.78 is 46.4. The van der Waals surface area contributed by atoms with Crippen LogP contribution in [0.4, 0.5) is 4.39 Å². The summed E-state index contributed by atoms with van der Waals surface area (Å²) in [6.45, 7) is 5.14. The second kappa shape index (κ2) is 10.6. The van der Waals surface area contributed by atoms with Gasteiger partial charge in [-0.3, -0.25) is 4.79 Å². The first-order valence-electron chi connectivity index (χ1n) is 10.6. The van der Waals surface area contributed by atoms with Crippen molar-refractivity contribution < 1.29 is 22.3 Å². The predicted molar refractivity (Wildman–Crippen MR) is 123 cm³/mol. The molecular formula is C23H28ClFN2O4S. The first-order valence-corrected chi connectivity index (χ1v) is 12.5. The second-order valence-electron chi connectivity index (χ2n) is 8.04. The van der Waals surface area contributed by atoms with Crippen molar-refractivity contribution in [3.05, 3.63) is 63.9 Å². The number of carbonyl (C=O) groups is 1. The van der Waals surface area contributed by atoms with Gasteiger partial charge in [-0.25, -0.2) is 17.1 Å². The van der Waals surface area contributed by atoms with Gasteiger partial charge in [-0.05, 0) is 50.5 Å². The lowest BCUT2D eigenvalue weighted by Gasteiger charge is -2.30. The Labute approximate surface area is 193 Å². The quantitative estimate of drug-likeness (QED) is 0.580. The van der Waals surface area contributed by atoms with Crippen LogP contribution in [-0.4, -0.2) is 44.9 Å². The Bertz CT molecular complexity index is 1050. The van der Waals surface area contributed by atoms with E-state index in [9.17, 15) is 17.6 Å². The van der Waals surface area contributed by atoms with Crippen molar-refractivity contribution in [2.45, 2.75) is 32.4 Å². The number of rotatable bonds is 8. The molecule has 0 atom stereocenters. The molecule has 6 nitrogen and oxygen atoms in total. The van der Waals surface area contributed by atoms with Gasteiger partial charge in [-0.1, -0.05) is 35.4 Å². The summed E-state index contributed by atoms with van der Waals surface area (Å²) in [5.41, 5.74) is 2.17. The van der Waals surface area contributed by atoms with Gasteiger partial charge in [-0.15, -0.1) is 0 Å². The van der Waals surface area contributed by atoms with Gasteiger partial charge in [0, 0.05) is 29.6 Å². The fourth-order valence-corrected chi connectivity index (χ4v) is 5.70. The largest absolute Gasteiger partial charge is 0.491 e. The van der Waals surface area contributed by atoms with Gasteiger partial charge >= 0.3 is 0 Å².